The first kappa shape index (κ1) is 18.9. The number of aryl methyl sites for hydroxylation is 1. The molecule has 0 spiro atoms. The van der Waals surface area contributed by atoms with Crippen molar-refractivity contribution in [1.29, 1.82) is 0 Å². The van der Waals surface area contributed by atoms with E-state index in [1.165, 1.54) is 6.92 Å². The zero-order valence-electron chi connectivity index (χ0n) is 16.0. The van der Waals surface area contributed by atoms with Crippen molar-refractivity contribution in [3.8, 4) is 16.9 Å². The lowest BCUT2D eigenvalue weighted by atomic mass is 10.0. The second kappa shape index (κ2) is 7.89. The molecule has 4 aromatic rings. The van der Waals surface area contributed by atoms with Crippen LogP contribution in [0.4, 0.5) is 0 Å². The van der Waals surface area contributed by atoms with Crippen LogP contribution in [0.25, 0.3) is 16.9 Å². The molecule has 2 aromatic carbocycles. The van der Waals surface area contributed by atoms with Crippen molar-refractivity contribution in [3.05, 3.63) is 82.8 Å². The van der Waals surface area contributed by atoms with E-state index in [2.05, 4.69) is 14.5 Å². The zero-order valence-corrected chi connectivity index (χ0v) is 16.8. The Hall–Kier alpha value is -3.45. The van der Waals surface area contributed by atoms with Gasteiger partial charge >= 0.3 is 0 Å². The molecule has 0 amide bonds. The number of para-hydroxylation sites is 1. The predicted molar refractivity (Wildman–Crippen MR) is 111 cm³/mol. The molecule has 29 heavy (non-hydrogen) atoms. The lowest BCUT2D eigenvalue weighted by Crippen LogP contribution is -2.03. The van der Waals surface area contributed by atoms with E-state index >= 15 is 0 Å². The van der Waals surface area contributed by atoms with Crippen LogP contribution in [0.3, 0.4) is 0 Å². The third-order valence-corrected chi connectivity index (χ3v) is 5.13. The lowest BCUT2D eigenvalue weighted by molar-refractivity contribution is -0.116. The van der Waals surface area contributed by atoms with Crippen LogP contribution in [0.2, 0.25) is 0 Å². The lowest BCUT2D eigenvalue weighted by Gasteiger charge is -2.01. The van der Waals surface area contributed by atoms with Gasteiger partial charge in [-0.1, -0.05) is 48.0 Å². The molecule has 0 atom stereocenters. The van der Waals surface area contributed by atoms with Crippen molar-refractivity contribution in [1.82, 2.24) is 19.1 Å². The first-order chi connectivity index (χ1) is 14.0. The number of aromatic nitrogens is 4. The molecule has 2 heterocycles. The van der Waals surface area contributed by atoms with Crippen molar-refractivity contribution in [2.24, 2.45) is 0 Å². The maximum atomic E-state index is 13.2. The molecule has 0 aliphatic rings. The van der Waals surface area contributed by atoms with Gasteiger partial charge in [0.25, 0.3) is 0 Å². The normalized spacial score (nSPS) is 10.8. The van der Waals surface area contributed by atoms with Gasteiger partial charge < -0.3 is 0 Å². The topological polar surface area (TPSA) is 77.7 Å². The fraction of sp³-hybridized carbons (Fsp3) is 0.136. The van der Waals surface area contributed by atoms with Crippen LogP contribution < -0.4 is 0 Å². The average Bonchev–Trinajstić information content (AvgIpc) is 3.36. The van der Waals surface area contributed by atoms with E-state index in [-0.39, 0.29) is 23.0 Å². The molecule has 0 saturated carbocycles. The van der Waals surface area contributed by atoms with Gasteiger partial charge in [-0.05, 0) is 37.5 Å². The SMILES string of the molecule is CC(=O)Cc1nsc(C(=O)c2cn(-c3ccccc3)nc2-c2ccc(C)cc2)n1. The summed E-state index contributed by atoms with van der Waals surface area (Å²) in [6, 6.07) is 17.5. The van der Waals surface area contributed by atoms with Gasteiger partial charge in [0.1, 0.15) is 11.5 Å². The third-order valence-electron chi connectivity index (χ3n) is 4.37. The van der Waals surface area contributed by atoms with Crippen molar-refractivity contribution in [3.63, 3.8) is 0 Å². The molecule has 0 unspecified atom stereocenters. The predicted octanol–water partition coefficient (Wildman–Crippen LogP) is 4.06. The first-order valence-corrected chi connectivity index (χ1v) is 9.87. The fourth-order valence-electron chi connectivity index (χ4n) is 2.93. The molecule has 0 aliphatic carbocycles. The van der Waals surface area contributed by atoms with E-state index in [0.29, 0.717) is 17.1 Å². The Morgan fingerprint density at radius 2 is 1.76 bits per heavy atom. The summed E-state index contributed by atoms with van der Waals surface area (Å²) in [5.74, 6) is 0.0762. The highest BCUT2D eigenvalue weighted by Crippen LogP contribution is 2.27. The molecular weight excluding hydrogens is 384 g/mol. The molecule has 6 nitrogen and oxygen atoms in total. The highest BCUT2D eigenvalue weighted by atomic mass is 32.1. The Balaban J connectivity index is 1.79. The monoisotopic (exact) mass is 402 g/mol. The molecule has 0 radical (unpaired) electrons. The summed E-state index contributed by atoms with van der Waals surface area (Å²) in [6.45, 7) is 3.48. The van der Waals surface area contributed by atoms with E-state index in [1.807, 2.05) is 61.5 Å². The summed E-state index contributed by atoms with van der Waals surface area (Å²) < 4.78 is 5.84. The van der Waals surface area contributed by atoms with Gasteiger partial charge in [-0.2, -0.15) is 9.47 Å². The van der Waals surface area contributed by atoms with Crippen LogP contribution in [0.5, 0.6) is 0 Å². The summed E-state index contributed by atoms with van der Waals surface area (Å²) in [7, 11) is 0. The Morgan fingerprint density at radius 1 is 1.03 bits per heavy atom. The number of Topliss-reactive ketones (excluding diaryl/α,β-unsaturated/α-hetero) is 1. The number of rotatable bonds is 6. The summed E-state index contributed by atoms with van der Waals surface area (Å²) >= 11 is 1.01. The maximum absolute atomic E-state index is 13.2. The van der Waals surface area contributed by atoms with E-state index in [4.69, 9.17) is 0 Å². The summed E-state index contributed by atoms with van der Waals surface area (Å²) in [4.78, 5) is 28.8. The van der Waals surface area contributed by atoms with Gasteiger partial charge in [0.05, 0.1) is 17.7 Å². The van der Waals surface area contributed by atoms with Crippen LogP contribution in [0.1, 0.15) is 33.7 Å². The second-order valence-corrected chi connectivity index (χ2v) is 7.51. The van der Waals surface area contributed by atoms with Crippen LogP contribution in [-0.4, -0.2) is 30.7 Å². The molecular formula is C22H18N4O2S. The third kappa shape index (κ3) is 4.05. The second-order valence-electron chi connectivity index (χ2n) is 6.76. The van der Waals surface area contributed by atoms with Gasteiger partial charge in [-0.15, -0.1) is 0 Å². The summed E-state index contributed by atoms with van der Waals surface area (Å²) in [5, 5.41) is 4.93. The van der Waals surface area contributed by atoms with E-state index in [0.717, 1.165) is 28.3 Å². The van der Waals surface area contributed by atoms with Gasteiger partial charge in [-0.3, -0.25) is 9.59 Å². The average molecular weight is 402 g/mol. The Kier molecular flexibility index (Phi) is 5.14. The van der Waals surface area contributed by atoms with Gasteiger partial charge in [0.15, 0.2) is 10.8 Å². The van der Waals surface area contributed by atoms with Gasteiger partial charge in [0.2, 0.25) is 5.78 Å². The van der Waals surface area contributed by atoms with E-state index in [1.54, 1.807) is 10.9 Å². The number of nitrogens with zero attached hydrogens (tertiary/aromatic N) is 4. The molecule has 0 N–H and O–H groups in total. The smallest absolute Gasteiger partial charge is 0.226 e. The van der Waals surface area contributed by atoms with Gasteiger partial charge in [-0.25, -0.2) is 9.67 Å². The fourth-order valence-corrected chi connectivity index (χ4v) is 3.57. The molecule has 0 bridgehead atoms. The number of benzene rings is 2. The summed E-state index contributed by atoms with van der Waals surface area (Å²) in [5.41, 5.74) is 3.86. The molecule has 4 rings (SSSR count). The quantitative estimate of drug-likeness (QED) is 0.455. The number of carbonyl (C=O) groups is 2. The van der Waals surface area contributed by atoms with E-state index < -0.39 is 0 Å². The maximum Gasteiger partial charge on any atom is 0.226 e. The standard InChI is InChI=1S/C22H18N4O2S/c1-14-8-10-16(11-9-14)20-18(13-26(24-20)17-6-4-3-5-7-17)21(28)22-23-19(25-29-22)12-15(2)27/h3-11,13H,12H2,1-2H3. The van der Waals surface area contributed by atoms with Gasteiger partial charge in [0, 0.05) is 11.8 Å². The van der Waals surface area contributed by atoms with Crippen LogP contribution in [-0.2, 0) is 11.2 Å². The molecule has 144 valence electrons. The molecule has 0 fully saturated rings. The van der Waals surface area contributed by atoms with Crippen LogP contribution >= 0.6 is 11.5 Å². The first-order valence-electron chi connectivity index (χ1n) is 9.10. The molecule has 0 aliphatic heterocycles. The number of hydrogen-bond donors (Lipinski definition) is 0. The summed E-state index contributed by atoms with van der Waals surface area (Å²) in [6.07, 6.45) is 1.84. The van der Waals surface area contributed by atoms with Crippen molar-refractivity contribution >= 4 is 23.1 Å². The largest absolute Gasteiger partial charge is 0.300 e. The molecule has 0 saturated heterocycles. The van der Waals surface area contributed by atoms with Crippen molar-refractivity contribution in [2.45, 2.75) is 20.3 Å². The molecule has 7 heteroatoms. The Morgan fingerprint density at radius 3 is 2.45 bits per heavy atom. The minimum atomic E-state index is -0.255. The van der Waals surface area contributed by atoms with E-state index in [9.17, 15) is 9.59 Å². The number of ketones is 2. The van der Waals surface area contributed by atoms with Crippen molar-refractivity contribution < 1.29 is 9.59 Å². The molecule has 2 aromatic heterocycles. The Labute approximate surface area is 172 Å². The highest BCUT2D eigenvalue weighted by Gasteiger charge is 2.23. The highest BCUT2D eigenvalue weighted by molar-refractivity contribution is 7.07. The Bertz CT molecular complexity index is 1180. The minimum Gasteiger partial charge on any atom is -0.300 e. The minimum absolute atomic E-state index is 0.0426. The number of hydrogen-bond acceptors (Lipinski definition) is 6. The van der Waals surface area contributed by atoms with Crippen molar-refractivity contribution in [2.75, 3.05) is 0 Å². The zero-order chi connectivity index (χ0) is 20.4. The van der Waals surface area contributed by atoms with Crippen LogP contribution in [0, 0.1) is 6.92 Å². The number of carbonyl (C=O) groups excluding carboxylic acids is 2. The van der Waals surface area contributed by atoms with Crippen LogP contribution in [0.15, 0.2) is 60.8 Å².